The van der Waals surface area contributed by atoms with E-state index in [1.807, 2.05) is 0 Å². The van der Waals surface area contributed by atoms with Gasteiger partial charge in [-0.2, -0.15) is 13.2 Å². The SMILES string of the molecule is Fc1c([C@H]2CCCCN2)cccc1C(F)(F)F. The number of rotatable bonds is 1. The first-order valence-corrected chi connectivity index (χ1v) is 5.59. The van der Waals surface area contributed by atoms with Crippen LogP contribution in [0.1, 0.15) is 36.4 Å². The predicted molar refractivity (Wildman–Crippen MR) is 56.0 cm³/mol. The fourth-order valence-corrected chi connectivity index (χ4v) is 2.16. The summed E-state index contributed by atoms with van der Waals surface area (Å²) in [4.78, 5) is 0. The monoisotopic (exact) mass is 247 g/mol. The number of piperidine rings is 1. The van der Waals surface area contributed by atoms with Gasteiger partial charge in [-0.15, -0.1) is 0 Å². The lowest BCUT2D eigenvalue weighted by molar-refractivity contribution is -0.140. The quantitative estimate of drug-likeness (QED) is 0.747. The third kappa shape index (κ3) is 2.60. The van der Waals surface area contributed by atoms with Crippen LogP contribution < -0.4 is 5.32 Å². The van der Waals surface area contributed by atoms with E-state index in [-0.39, 0.29) is 11.6 Å². The molecule has 5 heteroatoms. The second kappa shape index (κ2) is 4.64. The smallest absolute Gasteiger partial charge is 0.310 e. The van der Waals surface area contributed by atoms with Crippen molar-refractivity contribution >= 4 is 0 Å². The summed E-state index contributed by atoms with van der Waals surface area (Å²) in [6.45, 7) is 0.723. The molecular weight excluding hydrogens is 234 g/mol. The van der Waals surface area contributed by atoms with Crippen molar-refractivity contribution in [2.75, 3.05) is 6.54 Å². The fourth-order valence-electron chi connectivity index (χ4n) is 2.16. The topological polar surface area (TPSA) is 12.0 Å². The van der Waals surface area contributed by atoms with Gasteiger partial charge in [-0.05, 0) is 25.5 Å². The molecule has 1 aliphatic heterocycles. The Bertz CT molecular complexity index is 394. The minimum atomic E-state index is -4.63. The molecule has 1 aromatic rings. The lowest BCUT2D eigenvalue weighted by Gasteiger charge is -2.25. The molecule has 1 heterocycles. The normalized spacial score (nSPS) is 21.5. The van der Waals surface area contributed by atoms with E-state index in [4.69, 9.17) is 0 Å². The zero-order valence-corrected chi connectivity index (χ0v) is 9.15. The maximum absolute atomic E-state index is 13.8. The maximum Gasteiger partial charge on any atom is 0.419 e. The molecule has 1 fully saturated rings. The Labute approximate surface area is 96.8 Å². The number of alkyl halides is 3. The van der Waals surface area contributed by atoms with E-state index < -0.39 is 17.6 Å². The van der Waals surface area contributed by atoms with Gasteiger partial charge in [-0.25, -0.2) is 4.39 Å². The van der Waals surface area contributed by atoms with Crippen LogP contribution in [0.15, 0.2) is 18.2 Å². The fraction of sp³-hybridized carbons (Fsp3) is 0.500. The van der Waals surface area contributed by atoms with Gasteiger partial charge >= 0.3 is 6.18 Å². The summed E-state index contributed by atoms with van der Waals surface area (Å²) in [6.07, 6.45) is -2.06. The molecule has 1 N–H and O–H groups in total. The van der Waals surface area contributed by atoms with Crippen LogP contribution in [0.25, 0.3) is 0 Å². The van der Waals surface area contributed by atoms with Crippen LogP contribution in [0.2, 0.25) is 0 Å². The lowest BCUT2D eigenvalue weighted by atomic mass is 9.95. The Balaban J connectivity index is 2.35. The van der Waals surface area contributed by atoms with Crippen LogP contribution in [0.4, 0.5) is 17.6 Å². The molecule has 1 aromatic carbocycles. The molecule has 0 spiro atoms. The average Bonchev–Trinajstić information content (AvgIpc) is 2.29. The van der Waals surface area contributed by atoms with E-state index in [9.17, 15) is 17.6 Å². The molecule has 0 saturated carbocycles. The van der Waals surface area contributed by atoms with Gasteiger partial charge in [0.25, 0.3) is 0 Å². The van der Waals surface area contributed by atoms with Crippen molar-refractivity contribution in [1.29, 1.82) is 0 Å². The van der Waals surface area contributed by atoms with Crippen molar-refractivity contribution in [1.82, 2.24) is 5.32 Å². The van der Waals surface area contributed by atoms with E-state index in [1.165, 1.54) is 12.1 Å². The molecule has 94 valence electrons. The number of hydrogen-bond donors (Lipinski definition) is 1. The molecule has 1 atom stereocenters. The predicted octanol–water partition coefficient (Wildman–Crippen LogP) is 3.66. The number of benzene rings is 1. The van der Waals surface area contributed by atoms with Crippen molar-refractivity contribution in [3.8, 4) is 0 Å². The summed E-state index contributed by atoms with van der Waals surface area (Å²) < 4.78 is 51.4. The molecule has 0 aliphatic carbocycles. The van der Waals surface area contributed by atoms with Gasteiger partial charge in [0, 0.05) is 11.6 Å². The van der Waals surface area contributed by atoms with Gasteiger partial charge in [-0.3, -0.25) is 0 Å². The van der Waals surface area contributed by atoms with Crippen molar-refractivity contribution in [3.63, 3.8) is 0 Å². The van der Waals surface area contributed by atoms with E-state index >= 15 is 0 Å². The Kier molecular flexibility index (Phi) is 3.38. The van der Waals surface area contributed by atoms with E-state index in [0.29, 0.717) is 6.42 Å². The third-order valence-corrected chi connectivity index (χ3v) is 3.02. The van der Waals surface area contributed by atoms with Crippen molar-refractivity contribution < 1.29 is 17.6 Å². The maximum atomic E-state index is 13.8. The largest absolute Gasteiger partial charge is 0.419 e. The number of hydrogen-bond acceptors (Lipinski definition) is 1. The van der Waals surface area contributed by atoms with Gasteiger partial charge in [0.1, 0.15) is 5.82 Å². The third-order valence-electron chi connectivity index (χ3n) is 3.02. The summed E-state index contributed by atoms with van der Waals surface area (Å²) in [5, 5.41) is 3.05. The average molecular weight is 247 g/mol. The van der Waals surface area contributed by atoms with Crippen LogP contribution in [0.5, 0.6) is 0 Å². The standard InChI is InChI=1S/C12H13F4N/c13-11-8(10-6-1-2-7-17-10)4-3-5-9(11)12(14,15)16/h3-5,10,17H,1-2,6-7H2/t10-/m1/s1. The molecule has 1 saturated heterocycles. The molecule has 2 rings (SSSR count). The van der Waals surface area contributed by atoms with Gasteiger partial charge in [-0.1, -0.05) is 18.6 Å². The van der Waals surface area contributed by atoms with Crippen LogP contribution in [-0.4, -0.2) is 6.54 Å². The minimum absolute atomic E-state index is 0.125. The number of halogens is 4. The van der Waals surface area contributed by atoms with Crippen LogP contribution in [0.3, 0.4) is 0 Å². The first-order chi connectivity index (χ1) is 8.00. The van der Waals surface area contributed by atoms with Crippen molar-refractivity contribution in [2.45, 2.75) is 31.5 Å². The second-order valence-corrected chi connectivity index (χ2v) is 4.21. The van der Waals surface area contributed by atoms with Crippen molar-refractivity contribution in [2.24, 2.45) is 0 Å². The second-order valence-electron chi connectivity index (χ2n) is 4.21. The molecule has 1 nitrogen and oxygen atoms in total. The van der Waals surface area contributed by atoms with Gasteiger partial charge in [0.2, 0.25) is 0 Å². The number of nitrogens with one attached hydrogen (secondary N) is 1. The molecule has 0 unspecified atom stereocenters. The Morgan fingerprint density at radius 3 is 2.53 bits per heavy atom. The Morgan fingerprint density at radius 2 is 1.94 bits per heavy atom. The minimum Gasteiger partial charge on any atom is -0.310 e. The van der Waals surface area contributed by atoms with E-state index in [2.05, 4.69) is 5.32 Å². The summed E-state index contributed by atoms with van der Waals surface area (Å²) in [5.74, 6) is -1.14. The lowest BCUT2D eigenvalue weighted by Crippen LogP contribution is -2.28. The van der Waals surface area contributed by atoms with Crippen LogP contribution in [-0.2, 0) is 6.18 Å². The first-order valence-electron chi connectivity index (χ1n) is 5.59. The summed E-state index contributed by atoms with van der Waals surface area (Å²) >= 11 is 0. The zero-order valence-electron chi connectivity index (χ0n) is 9.15. The highest BCUT2D eigenvalue weighted by Gasteiger charge is 2.35. The van der Waals surface area contributed by atoms with Crippen LogP contribution in [0, 0.1) is 5.82 Å². The van der Waals surface area contributed by atoms with Crippen molar-refractivity contribution in [3.05, 3.63) is 35.1 Å². The van der Waals surface area contributed by atoms with Crippen LogP contribution >= 0.6 is 0 Å². The molecule has 0 radical (unpaired) electrons. The molecule has 0 amide bonds. The van der Waals surface area contributed by atoms with Gasteiger partial charge < -0.3 is 5.32 Å². The van der Waals surface area contributed by atoms with E-state index in [0.717, 1.165) is 25.5 Å². The molecule has 0 aromatic heterocycles. The summed E-state index contributed by atoms with van der Waals surface area (Å²) in [5.41, 5.74) is -1.05. The highest BCUT2D eigenvalue weighted by Crippen LogP contribution is 2.35. The molecule has 1 aliphatic rings. The molecule has 17 heavy (non-hydrogen) atoms. The highest BCUT2D eigenvalue weighted by molar-refractivity contribution is 5.30. The van der Waals surface area contributed by atoms with Gasteiger partial charge in [0.15, 0.2) is 0 Å². The summed E-state index contributed by atoms with van der Waals surface area (Å²) in [6, 6.07) is 3.17. The Hall–Kier alpha value is -1.10. The van der Waals surface area contributed by atoms with E-state index in [1.54, 1.807) is 0 Å². The molecular formula is C12H13F4N. The summed E-state index contributed by atoms with van der Waals surface area (Å²) in [7, 11) is 0. The Morgan fingerprint density at radius 1 is 1.18 bits per heavy atom. The highest BCUT2D eigenvalue weighted by atomic mass is 19.4. The zero-order chi connectivity index (χ0) is 12.5. The van der Waals surface area contributed by atoms with Gasteiger partial charge in [0.05, 0.1) is 5.56 Å². The first kappa shape index (κ1) is 12.4. The molecule has 0 bridgehead atoms.